The lowest BCUT2D eigenvalue weighted by Crippen LogP contribution is -2.59. The Hall–Kier alpha value is 0. The van der Waals surface area contributed by atoms with E-state index in [1.165, 1.54) is 12.8 Å². The summed E-state index contributed by atoms with van der Waals surface area (Å²) in [5.41, 5.74) is 0.671. The molecule has 0 spiro atoms. The highest BCUT2D eigenvalue weighted by atomic mass is 14.6. The van der Waals surface area contributed by atoms with E-state index in [1.54, 1.807) is 0 Å². The van der Waals surface area contributed by atoms with E-state index in [0.29, 0.717) is 5.41 Å². The van der Waals surface area contributed by atoms with Gasteiger partial charge in [-0.2, -0.15) is 0 Å². The van der Waals surface area contributed by atoms with E-state index < -0.39 is 0 Å². The third-order valence-corrected chi connectivity index (χ3v) is 6.18. The molecule has 3 rings (SSSR count). The summed E-state index contributed by atoms with van der Waals surface area (Å²) in [5.74, 6) is 5.77. The highest BCUT2D eigenvalue weighted by Gasteiger charge is 2.59. The van der Waals surface area contributed by atoms with Gasteiger partial charge in [0.1, 0.15) is 0 Å². The van der Waals surface area contributed by atoms with Gasteiger partial charge in [0.25, 0.3) is 0 Å². The molecule has 0 N–H and O–H groups in total. The van der Waals surface area contributed by atoms with E-state index in [-0.39, 0.29) is 0 Å². The fraction of sp³-hybridized carbons (Fsp3) is 1.00. The minimum Gasteiger partial charge on any atom is -0.0683 e. The molecule has 0 aromatic heterocycles. The van der Waals surface area contributed by atoms with Gasteiger partial charge in [0, 0.05) is 0 Å². The summed E-state index contributed by atoms with van der Waals surface area (Å²) in [7, 11) is 0. The Morgan fingerprint density at radius 1 is 0.895 bits per heavy atom. The molecule has 3 saturated carbocycles. The molecule has 3 aliphatic rings. The molecule has 2 bridgehead atoms. The van der Waals surface area contributed by atoms with Crippen LogP contribution in [0.2, 0.25) is 0 Å². The molecule has 3 aliphatic carbocycles. The molecule has 0 aliphatic heterocycles. The van der Waals surface area contributed by atoms with Crippen molar-refractivity contribution >= 4 is 0 Å². The molecule has 0 amide bonds. The van der Waals surface area contributed by atoms with Crippen LogP contribution in [-0.4, -0.2) is 0 Å². The monoisotopic (exact) mass is 268 g/mol. The molecular weight excluding hydrogens is 228 g/mol. The molecular formula is C19H40. The van der Waals surface area contributed by atoms with Gasteiger partial charge in [0.2, 0.25) is 0 Å². The average molecular weight is 269 g/mol. The molecule has 0 heterocycles. The molecule has 0 saturated heterocycles. The van der Waals surface area contributed by atoms with Gasteiger partial charge in [0.15, 0.2) is 0 Å². The number of hydrogen-bond donors (Lipinski definition) is 0. The van der Waals surface area contributed by atoms with Crippen LogP contribution in [-0.2, 0) is 0 Å². The Kier molecular flexibility index (Phi) is 7.70. The Morgan fingerprint density at radius 3 is 1.68 bits per heavy atom. The summed E-state index contributed by atoms with van der Waals surface area (Å²) < 4.78 is 0. The summed E-state index contributed by atoms with van der Waals surface area (Å²) in [4.78, 5) is 0. The van der Waals surface area contributed by atoms with Crippen molar-refractivity contribution in [3.05, 3.63) is 0 Å². The summed E-state index contributed by atoms with van der Waals surface area (Å²) in [5, 5.41) is 0. The third-order valence-electron chi connectivity index (χ3n) is 6.18. The number of hydrogen-bond acceptors (Lipinski definition) is 0. The Bertz CT molecular complexity index is 240. The van der Waals surface area contributed by atoms with E-state index in [9.17, 15) is 0 Å². The fourth-order valence-electron chi connectivity index (χ4n) is 4.71. The topological polar surface area (TPSA) is 0 Å². The predicted octanol–water partition coefficient (Wildman–Crippen LogP) is 6.65. The van der Waals surface area contributed by atoms with Crippen LogP contribution in [0.15, 0.2) is 0 Å². The molecule has 116 valence electrons. The zero-order chi connectivity index (χ0) is 15.4. The molecule has 19 heavy (non-hydrogen) atoms. The van der Waals surface area contributed by atoms with Crippen molar-refractivity contribution in [2.24, 2.45) is 40.9 Å². The van der Waals surface area contributed by atoms with Crippen LogP contribution >= 0.6 is 0 Å². The fourth-order valence-corrected chi connectivity index (χ4v) is 4.71. The van der Waals surface area contributed by atoms with Crippen molar-refractivity contribution in [3.63, 3.8) is 0 Å². The van der Waals surface area contributed by atoms with E-state index in [2.05, 4.69) is 41.5 Å². The maximum absolute atomic E-state index is 2.56. The summed E-state index contributed by atoms with van der Waals surface area (Å²) in [6.45, 7) is 22.8. The quantitative estimate of drug-likeness (QED) is 0.526. The number of fused-ring (bicyclic) bond motifs is 2. The molecule has 3 fully saturated rings. The van der Waals surface area contributed by atoms with Crippen molar-refractivity contribution in [2.45, 2.75) is 82.1 Å². The summed E-state index contributed by atoms with van der Waals surface area (Å²) in [6, 6.07) is 0. The molecule has 0 nitrogen and oxygen atoms in total. The van der Waals surface area contributed by atoms with Crippen molar-refractivity contribution in [3.8, 4) is 0 Å². The van der Waals surface area contributed by atoms with Crippen LogP contribution in [0.25, 0.3) is 0 Å². The summed E-state index contributed by atoms with van der Waals surface area (Å²) >= 11 is 0. The van der Waals surface area contributed by atoms with Crippen molar-refractivity contribution < 1.29 is 0 Å². The minimum atomic E-state index is 0.671. The SMILES string of the molecule is CC.CC.CC(C)[C@H]1CC2CC([C@@H]1C)C2(C)C(C)C. The van der Waals surface area contributed by atoms with Gasteiger partial charge in [-0.3, -0.25) is 0 Å². The van der Waals surface area contributed by atoms with Crippen LogP contribution in [0.4, 0.5) is 0 Å². The van der Waals surface area contributed by atoms with Crippen molar-refractivity contribution in [1.29, 1.82) is 0 Å². The zero-order valence-corrected chi connectivity index (χ0v) is 15.4. The van der Waals surface area contributed by atoms with Crippen LogP contribution in [0.3, 0.4) is 0 Å². The van der Waals surface area contributed by atoms with Gasteiger partial charge in [-0.05, 0) is 53.8 Å². The first-order valence-electron chi connectivity index (χ1n) is 8.89. The van der Waals surface area contributed by atoms with Crippen LogP contribution in [0.5, 0.6) is 0 Å². The maximum atomic E-state index is 2.56. The highest BCUT2D eigenvalue weighted by molar-refractivity contribution is 5.08. The van der Waals surface area contributed by atoms with Gasteiger partial charge in [0.05, 0.1) is 0 Å². The second-order valence-electron chi connectivity index (χ2n) is 7.06. The third kappa shape index (κ3) is 3.19. The van der Waals surface area contributed by atoms with E-state index in [0.717, 1.165) is 35.5 Å². The molecule has 3 unspecified atom stereocenters. The van der Waals surface area contributed by atoms with Crippen LogP contribution < -0.4 is 0 Å². The van der Waals surface area contributed by atoms with E-state index in [1.807, 2.05) is 27.7 Å². The smallest absolute Gasteiger partial charge is 0.0243 e. The van der Waals surface area contributed by atoms with E-state index >= 15 is 0 Å². The molecule has 0 aromatic carbocycles. The normalized spacial score (nSPS) is 39.8. The van der Waals surface area contributed by atoms with Crippen LogP contribution in [0.1, 0.15) is 82.1 Å². The largest absolute Gasteiger partial charge is 0.0683 e. The molecule has 5 atom stereocenters. The minimum absolute atomic E-state index is 0.671. The molecule has 0 heteroatoms. The van der Waals surface area contributed by atoms with E-state index in [4.69, 9.17) is 0 Å². The lowest BCUT2D eigenvalue weighted by molar-refractivity contribution is -0.173. The Labute approximate surface area is 123 Å². The highest BCUT2D eigenvalue weighted by Crippen LogP contribution is 2.66. The van der Waals surface area contributed by atoms with Gasteiger partial charge in [-0.15, -0.1) is 0 Å². The Morgan fingerprint density at radius 2 is 1.37 bits per heavy atom. The first-order chi connectivity index (χ1) is 8.89. The summed E-state index contributed by atoms with van der Waals surface area (Å²) in [6.07, 6.45) is 3.03. The predicted molar refractivity (Wildman–Crippen MR) is 89.3 cm³/mol. The molecule has 0 aromatic rings. The number of rotatable bonds is 2. The standard InChI is InChI=1S/C15H28.2C2H6/c1-9(2)13-7-12-8-14(11(13)5)15(12,6)10(3)4;2*1-2/h9-14H,7-8H2,1-6H3;2*1-2H3/t11-,12?,13-,14?,15?;;/m1../s1. The first-order valence-corrected chi connectivity index (χ1v) is 8.89. The second-order valence-corrected chi connectivity index (χ2v) is 7.06. The van der Waals surface area contributed by atoms with Gasteiger partial charge < -0.3 is 0 Å². The Balaban J connectivity index is 0.000000741. The first kappa shape index (κ1) is 19.0. The van der Waals surface area contributed by atoms with Gasteiger partial charge >= 0.3 is 0 Å². The maximum Gasteiger partial charge on any atom is -0.0243 e. The van der Waals surface area contributed by atoms with Crippen molar-refractivity contribution in [1.82, 2.24) is 0 Å². The van der Waals surface area contributed by atoms with Gasteiger partial charge in [-0.1, -0.05) is 69.2 Å². The van der Waals surface area contributed by atoms with Crippen molar-refractivity contribution in [2.75, 3.05) is 0 Å². The van der Waals surface area contributed by atoms with Gasteiger partial charge in [-0.25, -0.2) is 0 Å². The molecule has 0 radical (unpaired) electrons. The zero-order valence-electron chi connectivity index (χ0n) is 15.4. The lowest BCUT2D eigenvalue weighted by Gasteiger charge is -2.66. The second kappa shape index (κ2) is 7.70. The average Bonchev–Trinajstić information content (AvgIpc) is 2.41. The van der Waals surface area contributed by atoms with Crippen LogP contribution in [0, 0.1) is 40.9 Å². The lowest BCUT2D eigenvalue weighted by atomic mass is 9.39.